The summed E-state index contributed by atoms with van der Waals surface area (Å²) in [7, 11) is 0. The van der Waals surface area contributed by atoms with Gasteiger partial charge in [0.05, 0.1) is 17.4 Å². The molecule has 3 rings (SSSR count). The van der Waals surface area contributed by atoms with Gasteiger partial charge in [-0.1, -0.05) is 18.2 Å². The van der Waals surface area contributed by atoms with Crippen molar-refractivity contribution >= 4 is 35.1 Å². The summed E-state index contributed by atoms with van der Waals surface area (Å²) < 4.78 is 5.63. The lowest BCUT2D eigenvalue weighted by Gasteiger charge is -2.12. The second-order valence-corrected chi connectivity index (χ2v) is 6.99. The topological polar surface area (TPSA) is 106 Å². The van der Waals surface area contributed by atoms with E-state index in [1.165, 1.54) is 6.20 Å². The molecule has 8 heteroatoms. The van der Waals surface area contributed by atoms with Crippen LogP contribution in [0, 0.1) is 6.92 Å². The Morgan fingerprint density at radius 1 is 1.07 bits per heavy atom. The molecule has 1 heterocycles. The number of hydrogen-bond acceptors (Lipinski definition) is 5. The van der Waals surface area contributed by atoms with Gasteiger partial charge in [0.1, 0.15) is 5.75 Å². The van der Waals surface area contributed by atoms with Gasteiger partial charge in [0.15, 0.2) is 0 Å². The molecule has 0 aliphatic rings. The minimum absolute atomic E-state index is 0.263. The molecule has 7 nitrogen and oxygen atoms in total. The van der Waals surface area contributed by atoms with Gasteiger partial charge in [-0.2, -0.15) is 0 Å². The maximum absolute atomic E-state index is 12.3. The van der Waals surface area contributed by atoms with E-state index in [-0.39, 0.29) is 17.5 Å². The number of amides is 3. The van der Waals surface area contributed by atoms with Crippen LogP contribution in [-0.4, -0.2) is 23.2 Å². The first-order chi connectivity index (χ1) is 14.0. The standard InChI is InChI=1S/C21H20N4O3S/c1-13-7-9-15(29-2)11-17(13)25-21(27)24-14-8-10-19(23-12-14)28-18-6-4-3-5-16(18)20(22)26/h3-12H,1-2H3,(H2,22,26)(H2,24,25,27). The van der Waals surface area contributed by atoms with Crippen LogP contribution in [0.5, 0.6) is 11.6 Å². The third kappa shape index (κ3) is 5.26. The minimum atomic E-state index is -0.587. The molecular formula is C21H20N4O3S. The number of rotatable bonds is 6. The lowest BCUT2D eigenvalue weighted by Crippen LogP contribution is -2.20. The molecule has 0 aliphatic heterocycles. The second-order valence-electron chi connectivity index (χ2n) is 6.11. The summed E-state index contributed by atoms with van der Waals surface area (Å²) in [5.41, 5.74) is 7.81. The van der Waals surface area contributed by atoms with E-state index in [9.17, 15) is 9.59 Å². The second kappa shape index (κ2) is 9.11. The predicted octanol–water partition coefficient (Wildman–Crippen LogP) is 4.65. The Hall–Kier alpha value is -3.52. The maximum atomic E-state index is 12.3. The molecule has 2 aromatic carbocycles. The highest BCUT2D eigenvalue weighted by Crippen LogP contribution is 2.25. The van der Waals surface area contributed by atoms with Gasteiger partial charge in [-0.15, -0.1) is 11.8 Å². The summed E-state index contributed by atoms with van der Waals surface area (Å²) in [6.45, 7) is 1.93. The number of primary amides is 1. The fourth-order valence-corrected chi connectivity index (χ4v) is 2.97. The zero-order chi connectivity index (χ0) is 20.8. The molecule has 3 aromatic rings. The zero-order valence-corrected chi connectivity index (χ0v) is 16.7. The maximum Gasteiger partial charge on any atom is 0.323 e. The Bertz CT molecular complexity index is 1040. The average Bonchev–Trinajstić information content (AvgIpc) is 2.71. The number of aromatic nitrogens is 1. The van der Waals surface area contributed by atoms with Gasteiger partial charge in [-0.25, -0.2) is 9.78 Å². The number of urea groups is 1. The lowest BCUT2D eigenvalue weighted by atomic mass is 10.2. The quantitative estimate of drug-likeness (QED) is 0.515. The molecule has 4 N–H and O–H groups in total. The van der Waals surface area contributed by atoms with Crippen LogP contribution in [0.25, 0.3) is 0 Å². The van der Waals surface area contributed by atoms with Gasteiger partial charge in [0.25, 0.3) is 5.91 Å². The van der Waals surface area contributed by atoms with Crippen LogP contribution in [0.1, 0.15) is 15.9 Å². The third-order valence-corrected chi connectivity index (χ3v) is 4.78. The number of anilines is 2. The largest absolute Gasteiger partial charge is 0.438 e. The molecule has 0 spiro atoms. The summed E-state index contributed by atoms with van der Waals surface area (Å²) in [5.74, 6) is -0.000304. The number of nitrogens with two attached hydrogens (primary N) is 1. The van der Waals surface area contributed by atoms with Gasteiger partial charge in [0, 0.05) is 16.6 Å². The Labute approximate surface area is 172 Å². The number of nitrogens with one attached hydrogen (secondary N) is 2. The number of aryl methyl sites for hydroxylation is 1. The molecule has 0 atom stereocenters. The van der Waals surface area contributed by atoms with Crippen LogP contribution in [0.15, 0.2) is 65.7 Å². The number of para-hydroxylation sites is 1. The van der Waals surface area contributed by atoms with Gasteiger partial charge in [-0.3, -0.25) is 4.79 Å². The molecular weight excluding hydrogens is 388 g/mol. The monoisotopic (exact) mass is 408 g/mol. The fourth-order valence-electron chi connectivity index (χ4n) is 2.53. The first-order valence-corrected chi connectivity index (χ1v) is 9.94. The van der Waals surface area contributed by atoms with Crippen molar-refractivity contribution in [3.8, 4) is 11.6 Å². The number of pyridine rings is 1. The molecule has 0 aliphatic carbocycles. The van der Waals surface area contributed by atoms with E-state index < -0.39 is 5.91 Å². The van der Waals surface area contributed by atoms with Gasteiger partial charge < -0.3 is 21.1 Å². The highest BCUT2D eigenvalue weighted by Gasteiger charge is 2.10. The molecule has 1 aromatic heterocycles. The SMILES string of the molecule is CSc1ccc(C)c(NC(=O)Nc2ccc(Oc3ccccc3C(N)=O)nc2)c1. The summed E-state index contributed by atoms with van der Waals surface area (Å²) in [5, 5.41) is 5.56. The Morgan fingerprint density at radius 3 is 2.55 bits per heavy atom. The van der Waals surface area contributed by atoms with E-state index in [4.69, 9.17) is 10.5 Å². The molecule has 0 saturated carbocycles. The number of thioether (sulfide) groups is 1. The number of carbonyl (C=O) groups excluding carboxylic acids is 2. The predicted molar refractivity (Wildman–Crippen MR) is 115 cm³/mol. The fraction of sp³-hybridized carbons (Fsp3) is 0.0952. The summed E-state index contributed by atoms with van der Waals surface area (Å²) in [6.07, 6.45) is 3.44. The number of ether oxygens (including phenoxy) is 1. The molecule has 3 amide bonds. The molecule has 0 bridgehead atoms. The molecule has 0 fully saturated rings. The highest BCUT2D eigenvalue weighted by atomic mass is 32.2. The van der Waals surface area contributed by atoms with Crippen molar-refractivity contribution in [2.75, 3.05) is 16.9 Å². The van der Waals surface area contributed by atoms with Crippen LogP contribution in [0.2, 0.25) is 0 Å². The van der Waals surface area contributed by atoms with Crippen molar-refractivity contribution < 1.29 is 14.3 Å². The van der Waals surface area contributed by atoms with Crippen molar-refractivity contribution in [2.24, 2.45) is 5.73 Å². The molecule has 0 radical (unpaired) electrons. The van der Waals surface area contributed by atoms with E-state index in [1.807, 2.05) is 31.4 Å². The van der Waals surface area contributed by atoms with E-state index >= 15 is 0 Å². The summed E-state index contributed by atoms with van der Waals surface area (Å²) in [4.78, 5) is 29.0. The number of benzene rings is 2. The first-order valence-electron chi connectivity index (χ1n) is 8.71. The number of nitrogens with zero attached hydrogens (tertiary/aromatic N) is 1. The van der Waals surface area contributed by atoms with Gasteiger partial charge in [-0.05, 0) is 49.1 Å². The van der Waals surface area contributed by atoms with Crippen LogP contribution >= 0.6 is 11.8 Å². The van der Waals surface area contributed by atoms with Crippen LogP contribution in [0.4, 0.5) is 16.2 Å². The molecule has 148 valence electrons. The summed E-state index contributed by atoms with van der Waals surface area (Å²) >= 11 is 1.60. The van der Waals surface area contributed by atoms with E-state index in [2.05, 4.69) is 15.6 Å². The smallest absolute Gasteiger partial charge is 0.323 e. The minimum Gasteiger partial charge on any atom is -0.438 e. The van der Waals surface area contributed by atoms with Gasteiger partial charge in [0.2, 0.25) is 5.88 Å². The highest BCUT2D eigenvalue weighted by molar-refractivity contribution is 7.98. The van der Waals surface area contributed by atoms with Crippen LogP contribution in [-0.2, 0) is 0 Å². The van der Waals surface area contributed by atoms with Crippen LogP contribution in [0.3, 0.4) is 0 Å². The Morgan fingerprint density at radius 2 is 1.86 bits per heavy atom. The van der Waals surface area contributed by atoms with E-state index in [0.717, 1.165) is 16.1 Å². The third-order valence-electron chi connectivity index (χ3n) is 4.05. The van der Waals surface area contributed by atoms with Crippen molar-refractivity contribution in [3.63, 3.8) is 0 Å². The van der Waals surface area contributed by atoms with Crippen molar-refractivity contribution in [3.05, 3.63) is 71.9 Å². The molecule has 0 saturated heterocycles. The van der Waals surface area contributed by atoms with E-state index in [0.29, 0.717) is 11.4 Å². The average molecular weight is 408 g/mol. The zero-order valence-electron chi connectivity index (χ0n) is 15.9. The number of carbonyl (C=O) groups is 2. The molecule has 29 heavy (non-hydrogen) atoms. The Kier molecular flexibility index (Phi) is 6.36. The van der Waals surface area contributed by atoms with Gasteiger partial charge >= 0.3 is 6.03 Å². The normalized spacial score (nSPS) is 10.3. The molecule has 0 unspecified atom stereocenters. The lowest BCUT2D eigenvalue weighted by molar-refractivity contribution is 0.0998. The van der Waals surface area contributed by atoms with Crippen molar-refractivity contribution in [1.82, 2.24) is 4.98 Å². The van der Waals surface area contributed by atoms with Crippen LogP contribution < -0.4 is 21.1 Å². The first kappa shape index (κ1) is 20.2. The summed E-state index contributed by atoms with van der Waals surface area (Å²) in [6, 6.07) is 15.4. The Balaban J connectivity index is 1.65. The van der Waals surface area contributed by atoms with Crippen molar-refractivity contribution in [2.45, 2.75) is 11.8 Å². The van der Waals surface area contributed by atoms with Crippen molar-refractivity contribution in [1.29, 1.82) is 0 Å². The van der Waals surface area contributed by atoms with E-state index in [1.54, 1.807) is 48.2 Å². The number of hydrogen-bond donors (Lipinski definition) is 3.